The van der Waals surface area contributed by atoms with Gasteiger partial charge in [0.05, 0.1) is 0 Å². The van der Waals surface area contributed by atoms with Gasteiger partial charge < -0.3 is 5.32 Å². The van der Waals surface area contributed by atoms with Crippen molar-refractivity contribution >= 4 is 10.8 Å². The molecule has 0 bridgehead atoms. The second-order valence-corrected chi connectivity index (χ2v) is 6.89. The van der Waals surface area contributed by atoms with Crippen LogP contribution in [-0.2, 0) is 0 Å². The van der Waals surface area contributed by atoms with Gasteiger partial charge in [0.1, 0.15) is 0 Å². The molecule has 0 aliphatic heterocycles. The topological polar surface area (TPSA) is 12.0 Å². The molecule has 1 N–H and O–H groups in total. The monoisotopic (exact) mass is 279 g/mol. The second kappa shape index (κ2) is 5.14. The van der Waals surface area contributed by atoms with E-state index in [1.165, 1.54) is 35.6 Å². The average molecular weight is 279 g/mol. The van der Waals surface area contributed by atoms with Crippen molar-refractivity contribution in [3.8, 4) is 0 Å². The Kier molecular flexibility index (Phi) is 3.26. The molecule has 2 aromatic rings. The normalized spacial score (nSPS) is 28.6. The smallest absolute Gasteiger partial charge is 0.0362 e. The van der Waals surface area contributed by atoms with Crippen LogP contribution in [-0.4, -0.2) is 6.54 Å². The van der Waals surface area contributed by atoms with E-state index >= 15 is 0 Å². The first kappa shape index (κ1) is 13.3. The highest BCUT2D eigenvalue weighted by atomic mass is 14.9. The Morgan fingerprint density at radius 3 is 2.62 bits per heavy atom. The van der Waals surface area contributed by atoms with E-state index in [1.54, 1.807) is 5.56 Å². The number of rotatable bonds is 4. The quantitative estimate of drug-likeness (QED) is 0.844. The summed E-state index contributed by atoms with van der Waals surface area (Å²) in [7, 11) is 0. The molecule has 1 heteroatoms. The van der Waals surface area contributed by atoms with E-state index in [-0.39, 0.29) is 0 Å². The third kappa shape index (κ3) is 2.10. The lowest BCUT2D eigenvalue weighted by molar-refractivity contribution is 0.427. The second-order valence-electron chi connectivity index (χ2n) is 6.89. The Labute approximate surface area is 127 Å². The minimum atomic E-state index is 0.552. The van der Waals surface area contributed by atoms with Gasteiger partial charge in [-0.1, -0.05) is 49.7 Å². The molecule has 3 atom stereocenters. The molecule has 2 aromatic carbocycles. The van der Waals surface area contributed by atoms with Crippen molar-refractivity contribution < 1.29 is 0 Å². The van der Waals surface area contributed by atoms with Crippen LogP contribution >= 0.6 is 0 Å². The first-order chi connectivity index (χ1) is 10.3. The largest absolute Gasteiger partial charge is 0.310 e. The summed E-state index contributed by atoms with van der Waals surface area (Å²) in [4.78, 5) is 0. The van der Waals surface area contributed by atoms with Gasteiger partial charge in [-0.25, -0.2) is 0 Å². The highest BCUT2D eigenvalue weighted by Gasteiger charge is 2.56. The number of nitrogens with one attached hydrogen (secondary N) is 1. The van der Waals surface area contributed by atoms with E-state index in [2.05, 4.69) is 55.6 Å². The van der Waals surface area contributed by atoms with Gasteiger partial charge in [-0.3, -0.25) is 0 Å². The fourth-order valence-electron chi connectivity index (χ4n) is 4.84. The lowest BCUT2D eigenvalue weighted by Gasteiger charge is -2.24. The molecule has 0 aromatic heterocycles. The van der Waals surface area contributed by atoms with Crippen molar-refractivity contribution in [3.05, 3.63) is 47.5 Å². The molecular weight excluding hydrogens is 254 g/mol. The summed E-state index contributed by atoms with van der Waals surface area (Å²) < 4.78 is 0. The molecular formula is C20H25N. The maximum absolute atomic E-state index is 3.82. The zero-order chi connectivity index (χ0) is 14.4. The standard InChI is InChI=1S/C20H25N/c1-3-21-20(19-16-9-6-10-17(16)19)18-13(2)11-12-14-7-4-5-8-15(14)18/h4-5,7-8,11-12,16-17,19-21H,3,6,9-10H2,1-2H3. The van der Waals surface area contributed by atoms with E-state index in [1.807, 2.05) is 0 Å². The van der Waals surface area contributed by atoms with Crippen LogP contribution in [0.5, 0.6) is 0 Å². The van der Waals surface area contributed by atoms with Crippen molar-refractivity contribution in [2.45, 2.75) is 39.2 Å². The summed E-state index contributed by atoms with van der Waals surface area (Å²) in [5.41, 5.74) is 3.01. The Bertz CT molecular complexity index is 650. The van der Waals surface area contributed by atoms with Gasteiger partial charge in [-0.05, 0) is 66.0 Å². The molecule has 0 amide bonds. The van der Waals surface area contributed by atoms with Crippen LogP contribution in [0.2, 0.25) is 0 Å². The van der Waals surface area contributed by atoms with Gasteiger partial charge in [0.15, 0.2) is 0 Å². The van der Waals surface area contributed by atoms with E-state index < -0.39 is 0 Å². The van der Waals surface area contributed by atoms with Crippen LogP contribution in [0.1, 0.15) is 43.4 Å². The molecule has 2 saturated carbocycles. The summed E-state index contributed by atoms with van der Waals surface area (Å²) in [6.45, 7) is 5.58. The van der Waals surface area contributed by atoms with Crippen LogP contribution < -0.4 is 5.32 Å². The molecule has 0 heterocycles. The highest BCUT2D eigenvalue weighted by Crippen LogP contribution is 2.62. The number of hydrogen-bond donors (Lipinski definition) is 1. The Balaban J connectivity index is 1.80. The fourth-order valence-corrected chi connectivity index (χ4v) is 4.84. The van der Waals surface area contributed by atoms with Crippen molar-refractivity contribution in [3.63, 3.8) is 0 Å². The predicted octanol–water partition coefficient (Wildman–Crippen LogP) is 4.84. The number of benzene rings is 2. The maximum Gasteiger partial charge on any atom is 0.0362 e. The van der Waals surface area contributed by atoms with Gasteiger partial charge in [-0.15, -0.1) is 0 Å². The lowest BCUT2D eigenvalue weighted by Crippen LogP contribution is -2.25. The number of aryl methyl sites for hydroxylation is 1. The summed E-state index contributed by atoms with van der Waals surface area (Å²) in [6, 6.07) is 14.0. The van der Waals surface area contributed by atoms with Gasteiger partial charge in [0.2, 0.25) is 0 Å². The Morgan fingerprint density at radius 1 is 1.10 bits per heavy atom. The molecule has 0 radical (unpaired) electrons. The minimum absolute atomic E-state index is 0.552. The van der Waals surface area contributed by atoms with Crippen molar-refractivity contribution in [1.82, 2.24) is 5.32 Å². The highest BCUT2D eigenvalue weighted by molar-refractivity contribution is 5.87. The third-order valence-corrected chi connectivity index (χ3v) is 5.78. The molecule has 2 fully saturated rings. The maximum atomic E-state index is 3.82. The van der Waals surface area contributed by atoms with E-state index in [0.717, 1.165) is 24.3 Å². The fraction of sp³-hybridized carbons (Fsp3) is 0.500. The van der Waals surface area contributed by atoms with Crippen LogP contribution in [0.4, 0.5) is 0 Å². The van der Waals surface area contributed by atoms with Gasteiger partial charge in [0.25, 0.3) is 0 Å². The Morgan fingerprint density at radius 2 is 1.86 bits per heavy atom. The molecule has 21 heavy (non-hydrogen) atoms. The molecule has 2 aliphatic carbocycles. The third-order valence-electron chi connectivity index (χ3n) is 5.78. The molecule has 0 saturated heterocycles. The zero-order valence-electron chi connectivity index (χ0n) is 13.1. The van der Waals surface area contributed by atoms with E-state index in [9.17, 15) is 0 Å². The van der Waals surface area contributed by atoms with Crippen LogP contribution in [0.25, 0.3) is 10.8 Å². The SMILES string of the molecule is CCNC(c1c(C)ccc2ccccc12)C1C2CCCC21. The molecule has 3 unspecified atom stereocenters. The summed E-state index contributed by atoms with van der Waals surface area (Å²) in [6.07, 6.45) is 4.38. The Hall–Kier alpha value is -1.34. The molecule has 2 aliphatic rings. The first-order valence-electron chi connectivity index (χ1n) is 8.53. The molecule has 110 valence electrons. The van der Waals surface area contributed by atoms with E-state index in [0.29, 0.717) is 6.04 Å². The van der Waals surface area contributed by atoms with Gasteiger partial charge >= 0.3 is 0 Å². The first-order valence-corrected chi connectivity index (χ1v) is 8.53. The van der Waals surface area contributed by atoms with Crippen LogP contribution in [0, 0.1) is 24.7 Å². The van der Waals surface area contributed by atoms with Crippen LogP contribution in [0.3, 0.4) is 0 Å². The van der Waals surface area contributed by atoms with Crippen molar-refractivity contribution in [2.75, 3.05) is 6.54 Å². The molecule has 0 spiro atoms. The van der Waals surface area contributed by atoms with Crippen molar-refractivity contribution in [2.24, 2.45) is 17.8 Å². The van der Waals surface area contributed by atoms with Crippen LogP contribution in [0.15, 0.2) is 36.4 Å². The predicted molar refractivity (Wildman–Crippen MR) is 89.4 cm³/mol. The summed E-state index contributed by atoms with van der Waals surface area (Å²) >= 11 is 0. The van der Waals surface area contributed by atoms with Gasteiger partial charge in [0, 0.05) is 6.04 Å². The summed E-state index contributed by atoms with van der Waals surface area (Å²) in [5, 5.41) is 6.66. The minimum Gasteiger partial charge on any atom is -0.310 e. The lowest BCUT2D eigenvalue weighted by atomic mass is 9.89. The van der Waals surface area contributed by atoms with Crippen molar-refractivity contribution in [1.29, 1.82) is 0 Å². The van der Waals surface area contributed by atoms with Gasteiger partial charge in [-0.2, -0.15) is 0 Å². The zero-order valence-corrected chi connectivity index (χ0v) is 13.1. The number of fused-ring (bicyclic) bond motifs is 2. The molecule has 4 rings (SSSR count). The summed E-state index contributed by atoms with van der Waals surface area (Å²) in [5.74, 6) is 2.86. The number of hydrogen-bond acceptors (Lipinski definition) is 1. The van der Waals surface area contributed by atoms with E-state index in [4.69, 9.17) is 0 Å². The molecule has 1 nitrogen and oxygen atoms in total. The average Bonchev–Trinajstić information content (AvgIpc) is 2.96.